The third-order valence-corrected chi connectivity index (χ3v) is 4.24. The molecule has 2 heterocycles. The Morgan fingerprint density at radius 1 is 1.25 bits per heavy atom. The summed E-state index contributed by atoms with van der Waals surface area (Å²) in [5, 5.41) is 9.45. The number of carbonyl (C=O) groups is 1. The van der Waals surface area contributed by atoms with Crippen LogP contribution in [0.5, 0.6) is 0 Å². The largest absolute Gasteiger partial charge is 0.464 e. The van der Waals surface area contributed by atoms with Crippen LogP contribution < -0.4 is 16.0 Å². The summed E-state index contributed by atoms with van der Waals surface area (Å²) in [6, 6.07) is 11.0. The van der Waals surface area contributed by atoms with Crippen molar-refractivity contribution in [2.24, 2.45) is 5.92 Å². The topological polar surface area (TPSA) is 66.3 Å². The number of rotatable bonds is 3. The highest BCUT2D eigenvalue weighted by Gasteiger charge is 2.38. The summed E-state index contributed by atoms with van der Waals surface area (Å²) in [7, 11) is 0. The molecule has 1 aliphatic rings. The Hall–Kier alpha value is -2.60. The summed E-state index contributed by atoms with van der Waals surface area (Å²) < 4.78 is 5.70. The van der Waals surface area contributed by atoms with Crippen LogP contribution in [-0.2, 0) is 4.79 Å². The SMILES string of the molecule is C=C1NC(=S)NC(c2ccc(C)o2)C1C(=O)Nc1ccccc1C. The van der Waals surface area contributed by atoms with Crippen LogP contribution in [-0.4, -0.2) is 11.0 Å². The number of para-hydroxylation sites is 1. The molecular formula is C18H19N3O2S. The molecule has 1 fully saturated rings. The highest BCUT2D eigenvalue weighted by atomic mass is 32.1. The summed E-state index contributed by atoms with van der Waals surface area (Å²) in [4.78, 5) is 12.9. The Morgan fingerprint density at radius 2 is 2.00 bits per heavy atom. The lowest BCUT2D eigenvalue weighted by molar-refractivity contribution is -0.119. The fraction of sp³-hybridized carbons (Fsp3) is 0.222. The average molecular weight is 341 g/mol. The van der Waals surface area contributed by atoms with E-state index in [0.29, 0.717) is 16.6 Å². The molecular weight excluding hydrogens is 322 g/mol. The van der Waals surface area contributed by atoms with Crippen molar-refractivity contribution in [2.75, 3.05) is 5.32 Å². The third kappa shape index (κ3) is 3.19. The van der Waals surface area contributed by atoms with E-state index in [1.165, 1.54) is 0 Å². The molecule has 2 atom stereocenters. The molecule has 0 bridgehead atoms. The van der Waals surface area contributed by atoms with Gasteiger partial charge >= 0.3 is 0 Å². The fourth-order valence-corrected chi connectivity index (χ4v) is 3.03. The van der Waals surface area contributed by atoms with E-state index in [-0.39, 0.29) is 5.91 Å². The normalized spacial score (nSPS) is 20.2. The first-order valence-corrected chi connectivity index (χ1v) is 8.05. The minimum atomic E-state index is -0.554. The quantitative estimate of drug-likeness (QED) is 0.748. The van der Waals surface area contributed by atoms with Crippen molar-refractivity contribution in [3.05, 3.63) is 65.8 Å². The maximum Gasteiger partial charge on any atom is 0.236 e. The zero-order valence-corrected chi connectivity index (χ0v) is 14.4. The Labute approximate surface area is 146 Å². The zero-order chi connectivity index (χ0) is 17.3. The molecule has 2 aromatic rings. The lowest BCUT2D eigenvalue weighted by Gasteiger charge is -2.34. The van der Waals surface area contributed by atoms with Gasteiger partial charge in [0.15, 0.2) is 5.11 Å². The van der Waals surface area contributed by atoms with E-state index in [9.17, 15) is 4.79 Å². The third-order valence-electron chi connectivity index (χ3n) is 4.02. The highest BCUT2D eigenvalue weighted by Crippen LogP contribution is 2.31. The van der Waals surface area contributed by atoms with Gasteiger partial charge in [-0.1, -0.05) is 24.8 Å². The number of carbonyl (C=O) groups excluding carboxylic acids is 1. The monoisotopic (exact) mass is 341 g/mol. The number of benzene rings is 1. The van der Waals surface area contributed by atoms with Crippen LogP contribution in [0.4, 0.5) is 5.69 Å². The predicted molar refractivity (Wildman–Crippen MR) is 97.5 cm³/mol. The van der Waals surface area contributed by atoms with Crippen LogP contribution in [0.25, 0.3) is 0 Å². The number of nitrogens with one attached hydrogen (secondary N) is 3. The Balaban J connectivity index is 1.89. The average Bonchev–Trinajstić information content (AvgIpc) is 2.95. The van der Waals surface area contributed by atoms with Crippen molar-refractivity contribution in [1.82, 2.24) is 10.6 Å². The van der Waals surface area contributed by atoms with Crippen LogP contribution in [0.1, 0.15) is 23.1 Å². The highest BCUT2D eigenvalue weighted by molar-refractivity contribution is 7.80. The molecule has 5 nitrogen and oxygen atoms in total. The van der Waals surface area contributed by atoms with Crippen molar-refractivity contribution in [3.8, 4) is 0 Å². The molecule has 6 heteroatoms. The summed E-state index contributed by atoms with van der Waals surface area (Å²) >= 11 is 5.20. The first-order chi connectivity index (χ1) is 11.5. The van der Waals surface area contributed by atoms with Crippen molar-refractivity contribution < 1.29 is 9.21 Å². The second kappa shape index (κ2) is 6.49. The molecule has 24 heavy (non-hydrogen) atoms. The van der Waals surface area contributed by atoms with Gasteiger partial charge in [-0.05, 0) is 49.8 Å². The zero-order valence-electron chi connectivity index (χ0n) is 13.6. The Kier molecular flexibility index (Phi) is 4.40. The van der Waals surface area contributed by atoms with E-state index in [4.69, 9.17) is 16.6 Å². The van der Waals surface area contributed by atoms with E-state index in [0.717, 1.165) is 17.0 Å². The first kappa shape index (κ1) is 16.3. The van der Waals surface area contributed by atoms with Gasteiger partial charge in [0, 0.05) is 11.4 Å². The summed E-state index contributed by atoms with van der Waals surface area (Å²) in [5.74, 6) is 0.708. The van der Waals surface area contributed by atoms with Gasteiger partial charge in [0.25, 0.3) is 0 Å². The van der Waals surface area contributed by atoms with Crippen molar-refractivity contribution in [1.29, 1.82) is 0 Å². The van der Waals surface area contributed by atoms with E-state index in [2.05, 4.69) is 22.5 Å². The minimum absolute atomic E-state index is 0.171. The number of hydrogen-bond acceptors (Lipinski definition) is 3. The molecule has 2 unspecified atom stereocenters. The minimum Gasteiger partial charge on any atom is -0.464 e. The smallest absolute Gasteiger partial charge is 0.236 e. The van der Waals surface area contributed by atoms with E-state index in [1.54, 1.807) is 0 Å². The standard InChI is InChI=1S/C18H19N3O2S/c1-10-6-4-5-7-13(10)20-17(22)15-12(3)19-18(24)21-16(15)14-9-8-11(2)23-14/h4-9,15-16H,3H2,1-2H3,(H,20,22)(H2,19,21,24). The molecule has 1 aliphatic heterocycles. The summed E-state index contributed by atoms with van der Waals surface area (Å²) in [6.07, 6.45) is 0. The fourth-order valence-electron chi connectivity index (χ4n) is 2.77. The number of thiocarbonyl (C=S) groups is 1. The molecule has 1 aromatic heterocycles. The molecule has 0 spiro atoms. The van der Waals surface area contributed by atoms with Crippen LogP contribution in [0, 0.1) is 19.8 Å². The van der Waals surface area contributed by atoms with Gasteiger partial charge in [-0.25, -0.2) is 0 Å². The summed E-state index contributed by atoms with van der Waals surface area (Å²) in [6.45, 7) is 7.78. The van der Waals surface area contributed by atoms with Crippen molar-refractivity contribution >= 4 is 28.9 Å². The van der Waals surface area contributed by atoms with Crippen LogP contribution >= 0.6 is 12.2 Å². The number of anilines is 1. The van der Waals surface area contributed by atoms with Crippen molar-refractivity contribution in [2.45, 2.75) is 19.9 Å². The maximum atomic E-state index is 12.9. The van der Waals surface area contributed by atoms with Gasteiger partial charge < -0.3 is 20.4 Å². The van der Waals surface area contributed by atoms with E-state index in [1.807, 2.05) is 50.2 Å². The van der Waals surface area contributed by atoms with Gasteiger partial charge in [-0.2, -0.15) is 0 Å². The second-order valence-corrected chi connectivity index (χ2v) is 6.24. The second-order valence-electron chi connectivity index (χ2n) is 5.83. The molecule has 0 radical (unpaired) electrons. The molecule has 1 aromatic carbocycles. The van der Waals surface area contributed by atoms with E-state index >= 15 is 0 Å². The molecule has 3 rings (SSSR count). The number of aryl methyl sites for hydroxylation is 2. The Bertz CT molecular complexity index is 812. The van der Waals surface area contributed by atoms with Crippen LogP contribution in [0.2, 0.25) is 0 Å². The van der Waals surface area contributed by atoms with Gasteiger partial charge in [0.1, 0.15) is 23.5 Å². The van der Waals surface area contributed by atoms with Gasteiger partial charge in [-0.15, -0.1) is 0 Å². The molecule has 1 amide bonds. The van der Waals surface area contributed by atoms with Gasteiger partial charge in [0.2, 0.25) is 5.91 Å². The van der Waals surface area contributed by atoms with E-state index < -0.39 is 12.0 Å². The predicted octanol–water partition coefficient (Wildman–Crippen LogP) is 3.18. The van der Waals surface area contributed by atoms with Crippen LogP contribution in [0.3, 0.4) is 0 Å². The molecule has 0 aliphatic carbocycles. The van der Waals surface area contributed by atoms with Crippen LogP contribution in [0.15, 0.2) is 53.1 Å². The molecule has 124 valence electrons. The Morgan fingerprint density at radius 3 is 2.67 bits per heavy atom. The molecule has 0 saturated carbocycles. The number of hydrogen-bond donors (Lipinski definition) is 3. The first-order valence-electron chi connectivity index (χ1n) is 7.65. The lowest BCUT2D eigenvalue weighted by atomic mass is 9.91. The number of furan rings is 1. The van der Waals surface area contributed by atoms with Gasteiger partial charge in [0.05, 0.1) is 0 Å². The summed E-state index contributed by atoms with van der Waals surface area (Å²) in [5.41, 5.74) is 2.32. The maximum absolute atomic E-state index is 12.9. The molecule has 3 N–H and O–H groups in total. The van der Waals surface area contributed by atoms with Crippen molar-refractivity contribution in [3.63, 3.8) is 0 Å². The molecule has 1 saturated heterocycles. The number of amides is 1. The lowest BCUT2D eigenvalue weighted by Crippen LogP contribution is -2.51. The van der Waals surface area contributed by atoms with Gasteiger partial charge in [-0.3, -0.25) is 4.79 Å².